The Morgan fingerprint density at radius 2 is 2.17 bits per heavy atom. The van der Waals surface area contributed by atoms with Crippen LogP contribution in [0.1, 0.15) is 57.1 Å². The Bertz CT molecular complexity index is 604. The molecule has 2 aliphatic heterocycles. The number of halogens is 1. The third kappa shape index (κ3) is 8.37. The van der Waals surface area contributed by atoms with E-state index in [1.807, 2.05) is 0 Å². The summed E-state index contributed by atoms with van der Waals surface area (Å²) in [6.45, 7) is 8.00. The molecule has 0 radical (unpaired) electrons. The molecule has 0 aromatic carbocycles. The number of nitrogens with one attached hydrogen (secondary N) is 2. The molecule has 1 aromatic rings. The number of aryl methyl sites for hydroxylation is 2. The monoisotopic (exact) mass is 520 g/mol. The van der Waals surface area contributed by atoms with Crippen molar-refractivity contribution in [3.05, 3.63) is 11.6 Å². The van der Waals surface area contributed by atoms with Gasteiger partial charge < -0.3 is 24.7 Å². The first-order chi connectivity index (χ1) is 13.9. The fourth-order valence-corrected chi connectivity index (χ4v) is 3.67. The molecule has 0 bridgehead atoms. The molecule has 166 valence electrons. The molecule has 0 spiro atoms. The van der Waals surface area contributed by atoms with Crippen molar-refractivity contribution in [2.24, 2.45) is 4.99 Å². The van der Waals surface area contributed by atoms with E-state index in [4.69, 9.17) is 14.5 Å². The van der Waals surface area contributed by atoms with Crippen molar-refractivity contribution in [3.8, 4) is 0 Å². The van der Waals surface area contributed by atoms with Crippen LogP contribution in [0.5, 0.6) is 0 Å². The summed E-state index contributed by atoms with van der Waals surface area (Å²) >= 11 is 0. The standard InChI is InChI=1S/C20H36N6O2.HI/c1-2-21-20(23-12-7-14-28-17-10-15-27-16-17)22-11-6-9-19-25-24-18-8-4-3-5-13-26(18)19;/h17H,2-16H2,1H3,(H2,21,22,23);1H. The van der Waals surface area contributed by atoms with E-state index >= 15 is 0 Å². The highest BCUT2D eigenvalue weighted by molar-refractivity contribution is 14.0. The van der Waals surface area contributed by atoms with Gasteiger partial charge in [-0.3, -0.25) is 4.99 Å². The Hall–Kier alpha value is -0.940. The van der Waals surface area contributed by atoms with Crippen molar-refractivity contribution in [1.82, 2.24) is 25.4 Å². The van der Waals surface area contributed by atoms with E-state index in [2.05, 4.69) is 32.3 Å². The first-order valence-corrected chi connectivity index (χ1v) is 11.0. The first-order valence-electron chi connectivity index (χ1n) is 11.0. The van der Waals surface area contributed by atoms with Crippen molar-refractivity contribution in [1.29, 1.82) is 0 Å². The van der Waals surface area contributed by atoms with Crippen LogP contribution in [0.15, 0.2) is 4.99 Å². The topological polar surface area (TPSA) is 85.6 Å². The van der Waals surface area contributed by atoms with E-state index < -0.39 is 0 Å². The Balaban J connectivity index is 0.00000300. The van der Waals surface area contributed by atoms with Gasteiger partial charge in [-0.25, -0.2) is 0 Å². The van der Waals surface area contributed by atoms with Crippen LogP contribution in [0, 0.1) is 0 Å². The van der Waals surface area contributed by atoms with Crippen LogP contribution >= 0.6 is 24.0 Å². The van der Waals surface area contributed by atoms with E-state index in [0.717, 1.165) is 95.7 Å². The maximum absolute atomic E-state index is 5.80. The van der Waals surface area contributed by atoms with Crippen molar-refractivity contribution in [2.75, 3.05) is 39.5 Å². The molecular weight excluding hydrogens is 483 g/mol. The fraction of sp³-hybridized carbons (Fsp3) is 0.850. The summed E-state index contributed by atoms with van der Waals surface area (Å²) in [5.74, 6) is 3.17. The average Bonchev–Trinajstić information content (AvgIpc) is 3.29. The predicted octanol–water partition coefficient (Wildman–Crippen LogP) is 2.31. The number of rotatable bonds is 10. The average molecular weight is 520 g/mol. The van der Waals surface area contributed by atoms with Crippen LogP contribution in [0.4, 0.5) is 0 Å². The predicted molar refractivity (Wildman–Crippen MR) is 125 cm³/mol. The van der Waals surface area contributed by atoms with Gasteiger partial charge >= 0.3 is 0 Å². The lowest BCUT2D eigenvalue weighted by Gasteiger charge is -2.13. The zero-order valence-corrected chi connectivity index (χ0v) is 20.0. The lowest BCUT2D eigenvalue weighted by Crippen LogP contribution is -2.38. The van der Waals surface area contributed by atoms with Gasteiger partial charge in [-0.2, -0.15) is 0 Å². The number of nitrogens with zero attached hydrogens (tertiary/aromatic N) is 4. The third-order valence-corrected chi connectivity index (χ3v) is 5.21. The molecule has 0 saturated carbocycles. The highest BCUT2D eigenvalue weighted by Gasteiger charge is 2.15. The van der Waals surface area contributed by atoms with Gasteiger partial charge in [0.25, 0.3) is 0 Å². The van der Waals surface area contributed by atoms with E-state index in [1.165, 1.54) is 19.3 Å². The highest BCUT2D eigenvalue weighted by atomic mass is 127. The Morgan fingerprint density at radius 1 is 1.24 bits per heavy atom. The second-order valence-corrected chi connectivity index (χ2v) is 7.50. The highest BCUT2D eigenvalue weighted by Crippen LogP contribution is 2.15. The second-order valence-electron chi connectivity index (χ2n) is 7.50. The van der Waals surface area contributed by atoms with Crippen LogP contribution in [-0.2, 0) is 28.9 Å². The number of fused-ring (bicyclic) bond motifs is 1. The lowest BCUT2D eigenvalue weighted by molar-refractivity contribution is 0.0420. The molecule has 8 nitrogen and oxygen atoms in total. The van der Waals surface area contributed by atoms with Gasteiger partial charge in [0, 0.05) is 52.2 Å². The Labute approximate surface area is 191 Å². The van der Waals surface area contributed by atoms with Crippen LogP contribution in [0.25, 0.3) is 0 Å². The summed E-state index contributed by atoms with van der Waals surface area (Å²) in [7, 11) is 0. The van der Waals surface area contributed by atoms with Gasteiger partial charge in [-0.15, -0.1) is 34.2 Å². The zero-order valence-electron chi connectivity index (χ0n) is 17.7. The second kappa shape index (κ2) is 14.1. The molecule has 9 heteroatoms. The largest absolute Gasteiger partial charge is 0.379 e. The van der Waals surface area contributed by atoms with E-state index in [9.17, 15) is 0 Å². The van der Waals surface area contributed by atoms with Gasteiger partial charge in [-0.05, 0) is 39.0 Å². The maximum atomic E-state index is 5.80. The molecule has 0 aliphatic carbocycles. The summed E-state index contributed by atoms with van der Waals surface area (Å²) in [6, 6.07) is 0. The Morgan fingerprint density at radius 3 is 3.00 bits per heavy atom. The van der Waals surface area contributed by atoms with Crippen molar-refractivity contribution >= 4 is 29.9 Å². The van der Waals surface area contributed by atoms with Crippen LogP contribution < -0.4 is 10.6 Å². The number of guanidine groups is 1. The molecule has 2 N–H and O–H groups in total. The molecule has 1 unspecified atom stereocenters. The summed E-state index contributed by atoms with van der Waals surface area (Å²) in [5, 5.41) is 15.5. The third-order valence-electron chi connectivity index (χ3n) is 5.21. The summed E-state index contributed by atoms with van der Waals surface area (Å²) < 4.78 is 13.5. The summed E-state index contributed by atoms with van der Waals surface area (Å²) in [4.78, 5) is 4.69. The molecule has 0 amide bonds. The van der Waals surface area contributed by atoms with Gasteiger partial charge in [-0.1, -0.05) is 6.42 Å². The van der Waals surface area contributed by atoms with Crippen molar-refractivity contribution < 1.29 is 9.47 Å². The lowest BCUT2D eigenvalue weighted by atomic mass is 10.2. The maximum Gasteiger partial charge on any atom is 0.191 e. The normalized spacial score (nSPS) is 19.3. The minimum Gasteiger partial charge on any atom is -0.379 e. The van der Waals surface area contributed by atoms with Crippen molar-refractivity contribution in [3.63, 3.8) is 0 Å². The first kappa shape index (κ1) is 24.3. The van der Waals surface area contributed by atoms with E-state index in [-0.39, 0.29) is 30.1 Å². The molecule has 3 heterocycles. The van der Waals surface area contributed by atoms with Crippen molar-refractivity contribution in [2.45, 2.75) is 70.9 Å². The van der Waals surface area contributed by atoms with Crippen LogP contribution in [-0.4, -0.2) is 66.3 Å². The molecule has 1 atom stereocenters. The quantitative estimate of drug-likeness (QED) is 0.213. The van der Waals surface area contributed by atoms with E-state index in [0.29, 0.717) is 0 Å². The molecule has 3 rings (SSSR count). The zero-order chi connectivity index (χ0) is 19.4. The van der Waals surface area contributed by atoms with Gasteiger partial charge in [0.1, 0.15) is 11.6 Å². The number of hydrogen-bond donors (Lipinski definition) is 2. The molecule has 1 fully saturated rings. The minimum absolute atomic E-state index is 0. The fourth-order valence-electron chi connectivity index (χ4n) is 3.67. The van der Waals surface area contributed by atoms with Crippen LogP contribution in [0.3, 0.4) is 0 Å². The minimum atomic E-state index is 0. The number of hydrogen-bond acceptors (Lipinski definition) is 5. The molecule has 2 aliphatic rings. The molecule has 29 heavy (non-hydrogen) atoms. The van der Waals surface area contributed by atoms with Gasteiger partial charge in [0.05, 0.1) is 12.7 Å². The summed E-state index contributed by atoms with van der Waals surface area (Å²) in [6.07, 6.45) is 9.03. The van der Waals surface area contributed by atoms with E-state index in [1.54, 1.807) is 0 Å². The van der Waals surface area contributed by atoms with Crippen LogP contribution in [0.2, 0.25) is 0 Å². The van der Waals surface area contributed by atoms with Gasteiger partial charge in [0.15, 0.2) is 5.96 Å². The summed E-state index contributed by atoms with van der Waals surface area (Å²) in [5.41, 5.74) is 0. The van der Waals surface area contributed by atoms with Gasteiger partial charge in [0.2, 0.25) is 0 Å². The number of aliphatic imine (C=N–C) groups is 1. The number of aromatic nitrogens is 3. The Kier molecular flexibility index (Phi) is 11.9. The SMILES string of the molecule is CCNC(=NCCCc1nnc2n1CCCCC2)NCCCOC1CCOC1.I. The molecule has 1 saturated heterocycles. The molecule has 1 aromatic heterocycles. The smallest absolute Gasteiger partial charge is 0.191 e. The number of ether oxygens (including phenoxy) is 2. The molecular formula is C20H37IN6O2.